The smallest absolute Gasteiger partial charge is 0.255 e. The molecule has 186 valence electrons. The Bertz CT molecular complexity index is 1240. The Balaban J connectivity index is 1.62. The molecule has 1 saturated heterocycles. The van der Waals surface area contributed by atoms with Crippen LogP contribution in [0.25, 0.3) is 5.76 Å². The maximum Gasteiger partial charge on any atom is 0.255 e. The molecule has 5 atom stereocenters. The van der Waals surface area contributed by atoms with Crippen LogP contribution in [0.3, 0.4) is 0 Å². The molecule has 1 amide bonds. The van der Waals surface area contributed by atoms with E-state index in [1.807, 2.05) is 0 Å². The minimum atomic E-state index is -1.34. The van der Waals surface area contributed by atoms with Gasteiger partial charge >= 0.3 is 0 Å². The Morgan fingerprint density at radius 1 is 1.23 bits per heavy atom. The maximum atomic E-state index is 13.5. The molecule has 2 unspecified atom stereocenters. The molecule has 1 saturated carbocycles. The summed E-state index contributed by atoms with van der Waals surface area (Å²) in [6.45, 7) is 3.84. The van der Waals surface area contributed by atoms with Crippen LogP contribution in [-0.2, 0) is 20.8 Å². The molecule has 0 radical (unpaired) electrons. The number of nitrogens with two attached hydrogens (primary N) is 2. The first-order valence-electron chi connectivity index (χ1n) is 11.9. The number of primary amides is 1. The molecule has 7 N–H and O–H groups in total. The van der Waals surface area contributed by atoms with Crippen molar-refractivity contribution < 1.29 is 29.7 Å². The summed E-state index contributed by atoms with van der Waals surface area (Å²) in [6, 6.07) is 0.481. The zero-order valence-corrected chi connectivity index (χ0v) is 20.0. The highest BCUT2D eigenvalue weighted by molar-refractivity contribution is 6.33. The molecule has 1 heterocycles. The van der Waals surface area contributed by atoms with E-state index in [1.165, 1.54) is 0 Å². The number of phenolic OH excluding ortho intramolecular Hbond substituents is 1. The number of nitrogens with zero attached hydrogens (tertiary/aromatic N) is 1. The van der Waals surface area contributed by atoms with Crippen molar-refractivity contribution in [2.45, 2.75) is 44.7 Å². The first-order chi connectivity index (χ1) is 16.6. The lowest BCUT2D eigenvalue weighted by Gasteiger charge is -2.43. The Morgan fingerprint density at radius 3 is 2.60 bits per heavy atom. The highest BCUT2D eigenvalue weighted by atomic mass is 35.5. The summed E-state index contributed by atoms with van der Waals surface area (Å²) in [4.78, 5) is 40.6. The first-order valence-corrected chi connectivity index (χ1v) is 12.2. The lowest BCUT2D eigenvalue weighted by molar-refractivity contribution is -0.135. The third-order valence-corrected chi connectivity index (χ3v) is 8.64. The van der Waals surface area contributed by atoms with Crippen molar-refractivity contribution in [1.29, 1.82) is 0 Å². The van der Waals surface area contributed by atoms with Crippen LogP contribution in [0.15, 0.2) is 23.0 Å². The average Bonchev–Trinajstić information content (AvgIpc) is 3.27. The van der Waals surface area contributed by atoms with E-state index in [4.69, 9.17) is 23.1 Å². The van der Waals surface area contributed by atoms with E-state index in [0.29, 0.717) is 10.6 Å². The number of carbonyl (C=O) groups is 3. The number of fused-ring (bicyclic) bond motifs is 3. The lowest BCUT2D eigenvalue weighted by Crippen LogP contribution is -2.54. The Kier molecular flexibility index (Phi) is 5.69. The van der Waals surface area contributed by atoms with Crippen LogP contribution in [0.1, 0.15) is 48.9 Å². The predicted molar refractivity (Wildman–Crippen MR) is 128 cm³/mol. The third-order valence-electron chi connectivity index (χ3n) is 8.19. The summed E-state index contributed by atoms with van der Waals surface area (Å²) in [7, 11) is 0. The fraction of sp³-hybridized carbons (Fsp3) is 0.480. The summed E-state index contributed by atoms with van der Waals surface area (Å²) in [6.07, 6.45) is 2.38. The minimum Gasteiger partial charge on any atom is -0.510 e. The van der Waals surface area contributed by atoms with Gasteiger partial charge < -0.3 is 26.8 Å². The normalized spacial score (nSPS) is 30.9. The molecule has 35 heavy (non-hydrogen) atoms. The molecule has 5 rings (SSSR count). The third kappa shape index (κ3) is 3.32. The van der Waals surface area contributed by atoms with Gasteiger partial charge in [-0.15, -0.1) is 0 Å². The van der Waals surface area contributed by atoms with Gasteiger partial charge in [0.25, 0.3) is 5.91 Å². The second-order valence-corrected chi connectivity index (χ2v) is 10.2. The number of allylic oxidation sites excluding steroid dienone is 1. The number of likely N-dealkylation sites (tertiary alicyclic amines) is 1. The molecule has 0 bridgehead atoms. The zero-order valence-electron chi connectivity index (χ0n) is 19.3. The van der Waals surface area contributed by atoms with Gasteiger partial charge in [0.1, 0.15) is 22.8 Å². The lowest BCUT2D eigenvalue weighted by atomic mass is 9.60. The quantitative estimate of drug-likeness (QED) is 0.310. The van der Waals surface area contributed by atoms with Crippen LogP contribution in [0.4, 0.5) is 0 Å². The number of phenols is 1. The predicted octanol–water partition coefficient (Wildman–Crippen LogP) is 2.06. The van der Waals surface area contributed by atoms with Gasteiger partial charge in [0.05, 0.1) is 17.5 Å². The van der Waals surface area contributed by atoms with Gasteiger partial charge in [-0.25, -0.2) is 0 Å². The van der Waals surface area contributed by atoms with E-state index in [0.717, 1.165) is 31.5 Å². The highest BCUT2D eigenvalue weighted by Gasteiger charge is 2.54. The van der Waals surface area contributed by atoms with Crippen molar-refractivity contribution in [3.63, 3.8) is 0 Å². The SMILES string of the molecule is CCN1CCCC1c1cc(O)c2c(c1Cl)C[C@H]1C[C@@H]3C(C(=O)C(C(N)=O)=C(O)[C@H]3N)C(=O)C1=C2O. The minimum absolute atomic E-state index is 0.0136. The number of benzene rings is 1. The van der Waals surface area contributed by atoms with E-state index < -0.39 is 58.4 Å². The van der Waals surface area contributed by atoms with Gasteiger partial charge in [0.2, 0.25) is 0 Å². The molecule has 3 aliphatic carbocycles. The van der Waals surface area contributed by atoms with E-state index >= 15 is 0 Å². The van der Waals surface area contributed by atoms with Crippen molar-refractivity contribution in [3.05, 3.63) is 44.7 Å². The van der Waals surface area contributed by atoms with Crippen molar-refractivity contribution in [2.75, 3.05) is 13.1 Å². The molecule has 1 aliphatic heterocycles. The highest BCUT2D eigenvalue weighted by Crippen LogP contribution is 2.52. The van der Waals surface area contributed by atoms with Gasteiger partial charge in [0, 0.05) is 16.6 Å². The van der Waals surface area contributed by atoms with Gasteiger partial charge in [-0.05, 0) is 67.8 Å². The van der Waals surface area contributed by atoms with Gasteiger partial charge in [-0.3, -0.25) is 19.3 Å². The Hall–Kier alpha value is -2.88. The number of Topliss-reactive ketones (excluding diaryl/α,β-unsaturated/α-hetero) is 2. The summed E-state index contributed by atoms with van der Waals surface area (Å²) >= 11 is 6.87. The Morgan fingerprint density at radius 2 is 1.94 bits per heavy atom. The summed E-state index contributed by atoms with van der Waals surface area (Å²) in [5, 5.41) is 33.0. The average molecular weight is 502 g/mol. The fourth-order valence-corrected chi connectivity index (χ4v) is 6.92. The second-order valence-electron chi connectivity index (χ2n) is 9.86. The number of carbonyl (C=O) groups excluding carboxylic acids is 3. The topological polar surface area (TPSA) is 167 Å². The van der Waals surface area contributed by atoms with E-state index in [1.54, 1.807) is 6.07 Å². The van der Waals surface area contributed by atoms with E-state index in [2.05, 4.69) is 11.8 Å². The molecule has 10 heteroatoms. The Labute approximate surface area is 207 Å². The maximum absolute atomic E-state index is 13.5. The van der Waals surface area contributed by atoms with Gasteiger partial charge in [-0.1, -0.05) is 18.5 Å². The van der Waals surface area contributed by atoms with Crippen LogP contribution in [0.2, 0.25) is 5.02 Å². The molecular weight excluding hydrogens is 474 g/mol. The fourth-order valence-electron chi connectivity index (χ4n) is 6.57. The largest absolute Gasteiger partial charge is 0.510 e. The number of hydrogen-bond acceptors (Lipinski definition) is 8. The van der Waals surface area contributed by atoms with Crippen molar-refractivity contribution >= 4 is 34.8 Å². The number of ketones is 2. The van der Waals surface area contributed by atoms with E-state index in [-0.39, 0.29) is 35.8 Å². The molecule has 9 nitrogen and oxygen atoms in total. The van der Waals surface area contributed by atoms with Crippen LogP contribution < -0.4 is 11.5 Å². The number of aliphatic hydroxyl groups is 2. The number of aromatic hydroxyl groups is 1. The van der Waals surface area contributed by atoms with Crippen LogP contribution in [0, 0.1) is 17.8 Å². The van der Waals surface area contributed by atoms with Crippen molar-refractivity contribution in [2.24, 2.45) is 29.2 Å². The second kappa shape index (κ2) is 8.36. The number of aliphatic hydroxyl groups excluding tert-OH is 2. The number of amides is 1. The molecule has 1 aromatic carbocycles. The van der Waals surface area contributed by atoms with Crippen LogP contribution in [-0.4, -0.2) is 56.8 Å². The van der Waals surface area contributed by atoms with E-state index in [9.17, 15) is 29.7 Å². The zero-order chi connectivity index (χ0) is 25.3. The van der Waals surface area contributed by atoms with Crippen LogP contribution in [0.5, 0.6) is 5.75 Å². The molecule has 0 spiro atoms. The van der Waals surface area contributed by atoms with Crippen molar-refractivity contribution in [3.8, 4) is 5.75 Å². The van der Waals surface area contributed by atoms with Gasteiger partial charge in [-0.2, -0.15) is 0 Å². The standard InChI is InChI=1S/C25H28ClN3O6/c1-2-29-5-3-4-13(29)10-8-14(30)16-11(19(10)26)6-9-7-12-17(22(32)15(9)21(16)31)23(33)18(25(28)35)24(34)20(12)27/h8-9,12-13,17,20,30-31,34H,2-7,27H2,1H3,(H2,28,35)/t9-,12+,13?,17?,20-/m0/s1. The number of rotatable bonds is 3. The monoisotopic (exact) mass is 501 g/mol. The van der Waals surface area contributed by atoms with Crippen LogP contribution >= 0.6 is 11.6 Å². The van der Waals surface area contributed by atoms with Crippen molar-refractivity contribution in [1.82, 2.24) is 4.90 Å². The molecule has 0 aromatic heterocycles. The summed E-state index contributed by atoms with van der Waals surface area (Å²) in [5.74, 6) is -6.54. The molecule has 4 aliphatic rings. The molecule has 1 aromatic rings. The van der Waals surface area contributed by atoms with Gasteiger partial charge in [0.15, 0.2) is 11.6 Å². The summed E-state index contributed by atoms with van der Waals surface area (Å²) in [5.41, 5.74) is 12.2. The molecular formula is C25H28ClN3O6. The first kappa shape index (κ1) is 23.8. The number of hydrogen-bond donors (Lipinski definition) is 5. The molecule has 2 fully saturated rings. The summed E-state index contributed by atoms with van der Waals surface area (Å²) < 4.78 is 0. The number of halogens is 1.